The molecule has 0 amide bonds. The van der Waals surface area contributed by atoms with Crippen molar-refractivity contribution in [1.82, 2.24) is 24.6 Å². The molecule has 6 heteroatoms. The van der Waals surface area contributed by atoms with Gasteiger partial charge in [-0.25, -0.2) is 4.98 Å². The Morgan fingerprint density at radius 3 is 2.82 bits per heavy atom. The van der Waals surface area contributed by atoms with Crippen molar-refractivity contribution in [3.05, 3.63) is 58.8 Å². The van der Waals surface area contributed by atoms with Gasteiger partial charge in [-0.05, 0) is 12.5 Å². The zero-order chi connectivity index (χ0) is 15.5. The summed E-state index contributed by atoms with van der Waals surface area (Å²) >= 11 is 0. The number of aromatic nitrogens is 4. The van der Waals surface area contributed by atoms with Gasteiger partial charge in [0.1, 0.15) is 11.7 Å². The Hall–Kier alpha value is -2.47. The van der Waals surface area contributed by atoms with E-state index in [0.29, 0.717) is 17.6 Å². The molecule has 0 fully saturated rings. The highest BCUT2D eigenvalue weighted by molar-refractivity contribution is 5.72. The Morgan fingerprint density at radius 1 is 1.27 bits per heavy atom. The second-order valence-corrected chi connectivity index (χ2v) is 5.48. The first-order valence-electron chi connectivity index (χ1n) is 7.29. The van der Waals surface area contributed by atoms with Gasteiger partial charge in [0.2, 0.25) is 0 Å². The number of nitrogens with one attached hydrogen (secondary N) is 1. The van der Waals surface area contributed by atoms with Crippen molar-refractivity contribution in [3.63, 3.8) is 0 Å². The average molecular weight is 297 g/mol. The molecule has 6 nitrogen and oxygen atoms in total. The molecule has 0 saturated carbocycles. The smallest absolute Gasteiger partial charge is 0.264 e. The van der Waals surface area contributed by atoms with Crippen molar-refractivity contribution in [2.24, 2.45) is 7.05 Å². The highest BCUT2D eigenvalue weighted by atomic mass is 16.1. The van der Waals surface area contributed by atoms with Crippen molar-refractivity contribution < 1.29 is 0 Å². The van der Waals surface area contributed by atoms with Gasteiger partial charge in [-0.3, -0.25) is 14.0 Å². The molecule has 1 N–H and O–H groups in total. The van der Waals surface area contributed by atoms with Crippen LogP contribution >= 0.6 is 0 Å². The summed E-state index contributed by atoms with van der Waals surface area (Å²) in [5, 5.41) is 8.05. The Labute approximate surface area is 128 Å². The highest BCUT2D eigenvalue weighted by Crippen LogP contribution is 2.04. The van der Waals surface area contributed by atoms with E-state index in [9.17, 15) is 4.79 Å². The number of hydrogen-bond donors (Lipinski definition) is 1. The molecule has 22 heavy (non-hydrogen) atoms. The molecule has 2 aromatic heterocycles. The van der Waals surface area contributed by atoms with Gasteiger partial charge in [0.25, 0.3) is 5.56 Å². The summed E-state index contributed by atoms with van der Waals surface area (Å²) in [5.41, 5.74) is 1.79. The first-order chi connectivity index (χ1) is 10.6. The Morgan fingerprint density at radius 2 is 2.05 bits per heavy atom. The first-order valence-corrected chi connectivity index (χ1v) is 7.29. The Kier molecular flexibility index (Phi) is 4.02. The number of aryl methyl sites for hydroxylation is 1. The molecule has 0 unspecified atom stereocenters. The molecular formula is C16H19N5O. The Bertz CT molecular complexity index is 821. The van der Waals surface area contributed by atoms with Crippen LogP contribution in [0, 0.1) is 0 Å². The van der Waals surface area contributed by atoms with E-state index < -0.39 is 0 Å². The van der Waals surface area contributed by atoms with Crippen LogP contribution in [0.25, 0.3) is 11.0 Å². The van der Waals surface area contributed by atoms with Gasteiger partial charge in [0.15, 0.2) is 5.65 Å². The van der Waals surface area contributed by atoms with Crippen LogP contribution in [-0.4, -0.2) is 25.4 Å². The lowest BCUT2D eigenvalue weighted by Crippen LogP contribution is -2.34. The summed E-state index contributed by atoms with van der Waals surface area (Å²) in [7, 11) is 1.78. The quantitative estimate of drug-likeness (QED) is 0.771. The molecule has 1 atom stereocenters. The van der Waals surface area contributed by atoms with E-state index in [-0.39, 0.29) is 11.6 Å². The minimum absolute atomic E-state index is 0.0496. The van der Waals surface area contributed by atoms with Crippen LogP contribution in [0.15, 0.2) is 47.7 Å². The predicted octanol–water partition coefficient (Wildman–Crippen LogP) is 1.31. The topological polar surface area (TPSA) is 64.7 Å². The molecule has 3 rings (SSSR count). The summed E-state index contributed by atoms with van der Waals surface area (Å²) in [6.07, 6.45) is 3.16. The maximum Gasteiger partial charge on any atom is 0.264 e. The van der Waals surface area contributed by atoms with E-state index in [2.05, 4.69) is 34.5 Å². The fraction of sp³-hybridized carbons (Fsp3) is 0.312. The van der Waals surface area contributed by atoms with Gasteiger partial charge in [-0.15, -0.1) is 0 Å². The average Bonchev–Trinajstić information content (AvgIpc) is 2.91. The normalized spacial score (nSPS) is 12.6. The molecule has 114 valence electrons. The number of rotatable bonds is 5. The van der Waals surface area contributed by atoms with Crippen molar-refractivity contribution in [2.75, 3.05) is 0 Å². The fourth-order valence-corrected chi connectivity index (χ4v) is 2.44. The van der Waals surface area contributed by atoms with E-state index in [4.69, 9.17) is 0 Å². The lowest BCUT2D eigenvalue weighted by Gasteiger charge is -2.15. The van der Waals surface area contributed by atoms with Crippen LogP contribution in [0.5, 0.6) is 0 Å². The summed E-state index contributed by atoms with van der Waals surface area (Å²) in [6.45, 7) is 3.41. The maximum absolute atomic E-state index is 12.4. The van der Waals surface area contributed by atoms with Crippen LogP contribution in [0.3, 0.4) is 0 Å². The molecule has 0 spiro atoms. The zero-order valence-corrected chi connectivity index (χ0v) is 12.7. The first kappa shape index (κ1) is 14.5. The molecule has 0 aliphatic carbocycles. The summed E-state index contributed by atoms with van der Waals surface area (Å²) in [5.74, 6) is 0. The lowest BCUT2D eigenvalue weighted by molar-refractivity contribution is 0.467. The van der Waals surface area contributed by atoms with Gasteiger partial charge in [-0.2, -0.15) is 5.10 Å². The monoisotopic (exact) mass is 297 g/mol. The van der Waals surface area contributed by atoms with E-state index >= 15 is 0 Å². The summed E-state index contributed by atoms with van der Waals surface area (Å²) < 4.78 is 3.24. The molecule has 1 aromatic carbocycles. The van der Waals surface area contributed by atoms with Gasteiger partial charge in [0, 0.05) is 26.2 Å². The SMILES string of the molecule is C[C@H](Cn1cnc2c(cnn2C)c1=O)NCc1ccccc1. The molecule has 3 aromatic rings. The third-order valence-corrected chi connectivity index (χ3v) is 3.69. The van der Waals surface area contributed by atoms with Crippen molar-refractivity contribution in [3.8, 4) is 0 Å². The van der Waals surface area contributed by atoms with Gasteiger partial charge >= 0.3 is 0 Å². The number of fused-ring (bicyclic) bond motifs is 1. The number of nitrogens with zero attached hydrogens (tertiary/aromatic N) is 4. The van der Waals surface area contributed by atoms with E-state index in [0.717, 1.165) is 6.54 Å². The molecular weight excluding hydrogens is 278 g/mol. The summed E-state index contributed by atoms with van der Waals surface area (Å²) in [4.78, 5) is 16.7. The predicted molar refractivity (Wildman–Crippen MR) is 85.5 cm³/mol. The van der Waals surface area contributed by atoms with Crippen LogP contribution in [0.2, 0.25) is 0 Å². The molecule has 0 radical (unpaired) electrons. The molecule has 0 bridgehead atoms. The van der Waals surface area contributed by atoms with Gasteiger partial charge < -0.3 is 5.32 Å². The molecule has 0 saturated heterocycles. The Balaban J connectivity index is 1.70. The van der Waals surface area contributed by atoms with Crippen LogP contribution < -0.4 is 10.9 Å². The number of benzene rings is 1. The van der Waals surface area contributed by atoms with E-state index in [1.54, 1.807) is 28.8 Å². The molecule has 2 heterocycles. The van der Waals surface area contributed by atoms with Crippen LogP contribution in [0.4, 0.5) is 0 Å². The third kappa shape index (κ3) is 2.92. The van der Waals surface area contributed by atoms with E-state index in [1.807, 2.05) is 18.2 Å². The molecule has 0 aliphatic rings. The second-order valence-electron chi connectivity index (χ2n) is 5.48. The van der Waals surface area contributed by atoms with Gasteiger partial charge in [0.05, 0.1) is 6.20 Å². The van der Waals surface area contributed by atoms with E-state index in [1.165, 1.54) is 5.56 Å². The van der Waals surface area contributed by atoms with Gasteiger partial charge in [-0.1, -0.05) is 30.3 Å². The minimum Gasteiger partial charge on any atom is -0.308 e. The maximum atomic E-state index is 12.4. The van der Waals surface area contributed by atoms with Crippen LogP contribution in [-0.2, 0) is 20.1 Å². The fourth-order valence-electron chi connectivity index (χ4n) is 2.44. The standard InChI is InChI=1S/C16H19N5O/c1-12(17-8-13-6-4-3-5-7-13)10-21-11-18-15-14(16(21)22)9-19-20(15)2/h3-7,9,11-12,17H,8,10H2,1-2H3/t12-/m1/s1. The summed E-state index contributed by atoms with van der Waals surface area (Å²) in [6, 6.07) is 10.4. The highest BCUT2D eigenvalue weighted by Gasteiger charge is 2.10. The largest absolute Gasteiger partial charge is 0.308 e. The van der Waals surface area contributed by atoms with Crippen molar-refractivity contribution >= 4 is 11.0 Å². The van der Waals surface area contributed by atoms with Crippen molar-refractivity contribution in [1.29, 1.82) is 0 Å². The zero-order valence-electron chi connectivity index (χ0n) is 12.7. The van der Waals surface area contributed by atoms with Crippen molar-refractivity contribution in [2.45, 2.75) is 26.1 Å². The minimum atomic E-state index is -0.0496. The lowest BCUT2D eigenvalue weighted by atomic mass is 10.2. The molecule has 0 aliphatic heterocycles. The van der Waals surface area contributed by atoms with Crippen LogP contribution in [0.1, 0.15) is 12.5 Å². The second kappa shape index (κ2) is 6.11. The number of hydrogen-bond acceptors (Lipinski definition) is 4. The third-order valence-electron chi connectivity index (χ3n) is 3.69.